The lowest BCUT2D eigenvalue weighted by molar-refractivity contribution is -0.141. The lowest BCUT2D eigenvalue weighted by Crippen LogP contribution is -2.59. The van der Waals surface area contributed by atoms with E-state index in [2.05, 4.69) is 16.7 Å². The standard InChI is InChI=1S/C29H38N6O5/c1-29(2,3)40-28(39)32-22(26(37)34-11-5-6-19(34)14-30)16-33-15-20-13-24(33)27(38)35(20)23-10-8-17-12-18(25(36)31-4)7-9-21(17)23/h7,9,12,19-20,22-24H,5-6,8,10-11,13,15-16H2,1-4H3,(H,31,36)(H,32,39)/t19?,20-,22-,23?,24-/m0/s1. The molecule has 5 rings (SSSR count). The molecule has 1 aromatic rings. The van der Waals surface area contributed by atoms with Gasteiger partial charge in [0.2, 0.25) is 11.8 Å². The van der Waals surface area contributed by atoms with Gasteiger partial charge in [0.1, 0.15) is 17.7 Å². The molecule has 40 heavy (non-hydrogen) atoms. The maximum atomic E-state index is 13.7. The van der Waals surface area contributed by atoms with Crippen LogP contribution in [-0.2, 0) is 20.7 Å². The predicted molar refractivity (Wildman–Crippen MR) is 145 cm³/mol. The van der Waals surface area contributed by atoms with Gasteiger partial charge < -0.3 is 25.2 Å². The Hall–Kier alpha value is -3.65. The minimum atomic E-state index is -0.931. The van der Waals surface area contributed by atoms with E-state index in [0.717, 1.165) is 30.4 Å². The summed E-state index contributed by atoms with van der Waals surface area (Å²) in [6.07, 6.45) is 2.93. The molecular weight excluding hydrogens is 512 g/mol. The van der Waals surface area contributed by atoms with Crippen LogP contribution in [0, 0.1) is 11.3 Å². The highest BCUT2D eigenvalue weighted by Gasteiger charge is 2.53. The molecule has 0 radical (unpaired) electrons. The Kier molecular flexibility index (Phi) is 7.48. The smallest absolute Gasteiger partial charge is 0.408 e. The van der Waals surface area contributed by atoms with E-state index in [1.165, 1.54) is 4.90 Å². The quantitative estimate of drug-likeness (QED) is 0.551. The molecule has 3 heterocycles. The second-order valence-electron chi connectivity index (χ2n) is 12.2. The third-order valence-electron chi connectivity index (χ3n) is 8.42. The number of amides is 4. The summed E-state index contributed by atoms with van der Waals surface area (Å²) in [6.45, 7) is 6.49. The second-order valence-corrected chi connectivity index (χ2v) is 12.2. The highest BCUT2D eigenvalue weighted by atomic mass is 16.6. The van der Waals surface area contributed by atoms with Crippen LogP contribution in [0.1, 0.15) is 74.0 Å². The molecule has 0 spiro atoms. The Labute approximate surface area is 234 Å². The number of aryl methyl sites for hydroxylation is 1. The van der Waals surface area contributed by atoms with E-state index < -0.39 is 23.8 Å². The van der Waals surface area contributed by atoms with Crippen molar-refractivity contribution in [3.05, 3.63) is 34.9 Å². The van der Waals surface area contributed by atoms with Crippen LogP contribution in [0.4, 0.5) is 4.79 Å². The number of ether oxygens (including phenoxy) is 1. The fraction of sp³-hybridized carbons (Fsp3) is 0.621. The van der Waals surface area contributed by atoms with E-state index in [1.54, 1.807) is 27.8 Å². The van der Waals surface area contributed by atoms with E-state index in [9.17, 15) is 24.4 Å². The van der Waals surface area contributed by atoms with Crippen molar-refractivity contribution in [3.8, 4) is 6.07 Å². The number of hydrogen-bond acceptors (Lipinski definition) is 7. The van der Waals surface area contributed by atoms with E-state index in [-0.39, 0.29) is 42.4 Å². The summed E-state index contributed by atoms with van der Waals surface area (Å²) in [5.41, 5.74) is 2.08. The molecule has 2 unspecified atom stereocenters. The van der Waals surface area contributed by atoms with Gasteiger partial charge in [-0.25, -0.2) is 4.79 Å². The van der Waals surface area contributed by atoms with Crippen LogP contribution >= 0.6 is 0 Å². The van der Waals surface area contributed by atoms with Crippen molar-refractivity contribution in [2.45, 2.75) is 88.7 Å². The van der Waals surface area contributed by atoms with E-state index in [1.807, 2.05) is 28.0 Å². The van der Waals surface area contributed by atoms with Gasteiger partial charge in [0.25, 0.3) is 5.91 Å². The van der Waals surface area contributed by atoms with E-state index >= 15 is 0 Å². The maximum Gasteiger partial charge on any atom is 0.408 e. The van der Waals surface area contributed by atoms with Crippen molar-refractivity contribution in [3.63, 3.8) is 0 Å². The van der Waals surface area contributed by atoms with Gasteiger partial charge in [0, 0.05) is 38.3 Å². The number of likely N-dealkylation sites (tertiary alicyclic amines) is 3. The van der Waals surface area contributed by atoms with Gasteiger partial charge in [0.05, 0.1) is 18.2 Å². The van der Waals surface area contributed by atoms with Crippen molar-refractivity contribution in [1.82, 2.24) is 25.3 Å². The molecule has 4 amide bonds. The highest BCUT2D eigenvalue weighted by molar-refractivity contribution is 5.94. The van der Waals surface area contributed by atoms with Crippen LogP contribution in [-0.4, -0.2) is 95.0 Å². The summed E-state index contributed by atoms with van der Waals surface area (Å²) >= 11 is 0. The molecule has 11 heteroatoms. The van der Waals surface area contributed by atoms with Gasteiger partial charge in [-0.2, -0.15) is 5.26 Å². The van der Waals surface area contributed by atoms with Gasteiger partial charge in [0.15, 0.2) is 0 Å². The maximum absolute atomic E-state index is 13.7. The third-order valence-corrected chi connectivity index (χ3v) is 8.42. The number of nitrogens with one attached hydrogen (secondary N) is 2. The third kappa shape index (κ3) is 5.24. The van der Waals surface area contributed by atoms with Gasteiger partial charge >= 0.3 is 6.09 Å². The minimum Gasteiger partial charge on any atom is -0.444 e. The Balaban J connectivity index is 1.30. The van der Waals surface area contributed by atoms with Crippen LogP contribution < -0.4 is 10.6 Å². The fourth-order valence-electron chi connectivity index (χ4n) is 6.70. The zero-order valence-electron chi connectivity index (χ0n) is 23.6. The van der Waals surface area contributed by atoms with Crippen molar-refractivity contribution < 1.29 is 23.9 Å². The number of benzene rings is 1. The average molecular weight is 551 g/mol. The Morgan fingerprint density at radius 2 is 1.98 bits per heavy atom. The first-order valence-electron chi connectivity index (χ1n) is 14.1. The van der Waals surface area contributed by atoms with Gasteiger partial charge in [-0.05, 0) is 76.1 Å². The molecule has 214 valence electrons. The summed E-state index contributed by atoms with van der Waals surface area (Å²) in [5.74, 6) is -0.417. The van der Waals surface area contributed by atoms with Gasteiger partial charge in [-0.1, -0.05) is 6.07 Å². The highest BCUT2D eigenvalue weighted by Crippen LogP contribution is 2.44. The molecule has 0 aromatic heterocycles. The Morgan fingerprint density at radius 1 is 1.20 bits per heavy atom. The molecule has 5 atom stereocenters. The first kappa shape index (κ1) is 27.9. The van der Waals surface area contributed by atoms with E-state index in [0.29, 0.717) is 31.5 Å². The summed E-state index contributed by atoms with van der Waals surface area (Å²) < 4.78 is 5.43. The predicted octanol–water partition coefficient (Wildman–Crippen LogP) is 1.73. The summed E-state index contributed by atoms with van der Waals surface area (Å²) in [7, 11) is 1.61. The first-order chi connectivity index (χ1) is 19.0. The molecule has 3 saturated heterocycles. The van der Waals surface area contributed by atoms with Crippen molar-refractivity contribution in [1.29, 1.82) is 5.26 Å². The molecular formula is C29H38N6O5. The molecule has 11 nitrogen and oxygen atoms in total. The molecule has 1 aliphatic carbocycles. The van der Waals surface area contributed by atoms with Crippen LogP contribution in [0.25, 0.3) is 0 Å². The van der Waals surface area contributed by atoms with E-state index in [4.69, 9.17) is 4.74 Å². The van der Waals surface area contributed by atoms with Crippen LogP contribution in [0.2, 0.25) is 0 Å². The largest absolute Gasteiger partial charge is 0.444 e. The molecule has 1 aromatic carbocycles. The number of carbonyl (C=O) groups excluding carboxylic acids is 4. The molecule has 3 fully saturated rings. The lowest BCUT2D eigenvalue weighted by atomic mass is 10.0. The van der Waals surface area contributed by atoms with Crippen molar-refractivity contribution >= 4 is 23.8 Å². The number of hydrogen-bond donors (Lipinski definition) is 2. The number of fused-ring (bicyclic) bond motifs is 3. The van der Waals surface area contributed by atoms with Crippen LogP contribution in [0.15, 0.2) is 18.2 Å². The molecule has 2 N–H and O–H groups in total. The topological polar surface area (TPSA) is 135 Å². The van der Waals surface area contributed by atoms with Crippen molar-refractivity contribution in [2.75, 3.05) is 26.7 Å². The Morgan fingerprint density at radius 3 is 2.65 bits per heavy atom. The first-order valence-corrected chi connectivity index (χ1v) is 14.1. The molecule has 3 aliphatic heterocycles. The zero-order valence-corrected chi connectivity index (χ0v) is 23.6. The second kappa shape index (κ2) is 10.7. The Bertz CT molecular complexity index is 1250. The molecule has 0 saturated carbocycles. The minimum absolute atomic E-state index is 0.00277. The van der Waals surface area contributed by atoms with Gasteiger partial charge in [-0.15, -0.1) is 0 Å². The summed E-state index contributed by atoms with van der Waals surface area (Å²) in [6, 6.07) is 6.04. The summed E-state index contributed by atoms with van der Waals surface area (Å²) in [5, 5.41) is 14.9. The number of alkyl carbamates (subject to hydrolysis) is 1. The average Bonchev–Trinajstić information content (AvgIpc) is 3.69. The lowest BCUT2D eigenvalue weighted by Gasteiger charge is -2.39. The zero-order chi connectivity index (χ0) is 28.8. The SMILES string of the molecule is CNC(=O)c1ccc2c(c1)CCC2N1C(=O)[C@@H]2C[C@H]1CN2C[C@H](NC(=O)OC(C)(C)C)C(=O)N1CCCC1C#N. The van der Waals surface area contributed by atoms with Gasteiger partial charge in [-0.3, -0.25) is 19.3 Å². The number of nitrogens with zero attached hydrogens (tertiary/aromatic N) is 4. The monoisotopic (exact) mass is 550 g/mol. The summed E-state index contributed by atoms with van der Waals surface area (Å²) in [4.78, 5) is 57.5. The number of nitriles is 1. The van der Waals surface area contributed by atoms with Crippen LogP contribution in [0.3, 0.4) is 0 Å². The number of rotatable bonds is 6. The van der Waals surface area contributed by atoms with Crippen molar-refractivity contribution in [2.24, 2.45) is 0 Å². The number of piperazine rings is 1. The molecule has 2 bridgehead atoms. The molecule has 4 aliphatic rings. The number of carbonyl (C=O) groups is 4. The van der Waals surface area contributed by atoms with Crippen LogP contribution in [0.5, 0.6) is 0 Å². The fourth-order valence-corrected chi connectivity index (χ4v) is 6.70. The normalized spacial score (nSPS) is 26.4.